The smallest absolute Gasteiger partial charge is 0.206 e. The van der Waals surface area contributed by atoms with Crippen molar-refractivity contribution in [2.45, 2.75) is 33.7 Å². The van der Waals surface area contributed by atoms with Gasteiger partial charge in [0.15, 0.2) is 0 Å². The Morgan fingerprint density at radius 1 is 1.31 bits per heavy atom. The van der Waals surface area contributed by atoms with E-state index in [4.69, 9.17) is 0 Å². The van der Waals surface area contributed by atoms with E-state index in [1.165, 1.54) is 11.8 Å². The van der Waals surface area contributed by atoms with E-state index in [-0.39, 0.29) is 6.04 Å². The van der Waals surface area contributed by atoms with Crippen molar-refractivity contribution in [3.05, 3.63) is 0 Å². The van der Waals surface area contributed by atoms with Gasteiger partial charge in [0.2, 0.25) is 5.12 Å². The SMILES string of the molecule is CCN(CC)[C@@H](C(=O)SC)C(C)C. The van der Waals surface area contributed by atoms with E-state index in [1.54, 1.807) is 0 Å². The molecule has 0 saturated heterocycles. The van der Waals surface area contributed by atoms with Gasteiger partial charge < -0.3 is 0 Å². The van der Waals surface area contributed by atoms with Gasteiger partial charge in [-0.15, -0.1) is 0 Å². The van der Waals surface area contributed by atoms with Crippen LogP contribution in [0.2, 0.25) is 0 Å². The molecule has 78 valence electrons. The zero-order valence-corrected chi connectivity index (χ0v) is 10.1. The first-order valence-corrected chi connectivity index (χ1v) is 6.12. The molecule has 0 aromatic carbocycles. The van der Waals surface area contributed by atoms with Crippen molar-refractivity contribution in [1.82, 2.24) is 4.90 Å². The molecule has 0 N–H and O–H groups in total. The Morgan fingerprint density at radius 2 is 1.77 bits per heavy atom. The molecule has 0 saturated carbocycles. The summed E-state index contributed by atoms with van der Waals surface area (Å²) in [5, 5.41) is 0.290. The van der Waals surface area contributed by atoms with Gasteiger partial charge >= 0.3 is 0 Å². The quantitative estimate of drug-likeness (QED) is 0.683. The van der Waals surface area contributed by atoms with Crippen LogP contribution in [0.5, 0.6) is 0 Å². The molecule has 2 nitrogen and oxygen atoms in total. The molecule has 0 aliphatic heterocycles. The van der Waals surface area contributed by atoms with E-state index in [1.807, 2.05) is 6.26 Å². The van der Waals surface area contributed by atoms with Gasteiger partial charge in [0.1, 0.15) is 0 Å². The molecule has 0 aromatic rings. The van der Waals surface area contributed by atoms with Crippen LogP contribution in [0.3, 0.4) is 0 Å². The topological polar surface area (TPSA) is 20.3 Å². The van der Waals surface area contributed by atoms with Gasteiger partial charge in [-0.3, -0.25) is 9.69 Å². The summed E-state index contributed by atoms with van der Waals surface area (Å²) in [6.07, 6.45) is 1.86. The van der Waals surface area contributed by atoms with Gasteiger partial charge in [0.25, 0.3) is 0 Å². The number of nitrogens with zero attached hydrogens (tertiary/aromatic N) is 1. The summed E-state index contributed by atoms with van der Waals surface area (Å²) in [6.45, 7) is 10.3. The van der Waals surface area contributed by atoms with Crippen molar-refractivity contribution < 1.29 is 4.79 Å². The molecule has 0 aliphatic carbocycles. The van der Waals surface area contributed by atoms with Crippen LogP contribution in [0, 0.1) is 5.92 Å². The zero-order valence-electron chi connectivity index (χ0n) is 9.33. The molecule has 0 rings (SSSR count). The molecule has 3 heteroatoms. The van der Waals surface area contributed by atoms with Crippen molar-refractivity contribution in [1.29, 1.82) is 0 Å². The van der Waals surface area contributed by atoms with Gasteiger partial charge in [-0.25, -0.2) is 0 Å². The minimum absolute atomic E-state index is 0.0880. The van der Waals surface area contributed by atoms with Crippen molar-refractivity contribution in [2.24, 2.45) is 5.92 Å². The fourth-order valence-corrected chi connectivity index (χ4v) is 2.24. The third-order valence-corrected chi connectivity index (χ3v) is 2.92. The molecule has 0 heterocycles. The average molecular weight is 203 g/mol. The summed E-state index contributed by atoms with van der Waals surface area (Å²) in [7, 11) is 0. The van der Waals surface area contributed by atoms with Crippen molar-refractivity contribution in [3.63, 3.8) is 0 Å². The van der Waals surface area contributed by atoms with E-state index in [9.17, 15) is 4.79 Å². The van der Waals surface area contributed by atoms with Crippen LogP contribution >= 0.6 is 11.8 Å². The van der Waals surface area contributed by atoms with Crippen molar-refractivity contribution in [3.8, 4) is 0 Å². The first-order chi connectivity index (χ1) is 6.08. The summed E-state index contributed by atoms with van der Waals surface area (Å²) in [5.74, 6) is 0.403. The third kappa shape index (κ3) is 3.69. The molecule has 1 atom stereocenters. The lowest BCUT2D eigenvalue weighted by molar-refractivity contribution is -0.117. The molecular weight excluding hydrogens is 182 g/mol. The number of hydrogen-bond donors (Lipinski definition) is 0. The largest absolute Gasteiger partial charge is 0.293 e. The first kappa shape index (κ1) is 13.0. The number of rotatable bonds is 5. The first-order valence-electron chi connectivity index (χ1n) is 4.90. The molecular formula is C10H21NOS. The maximum absolute atomic E-state index is 11.6. The van der Waals surface area contributed by atoms with Crippen LogP contribution < -0.4 is 0 Å². The van der Waals surface area contributed by atoms with E-state index >= 15 is 0 Å². The standard InChI is InChI=1S/C10H21NOS/c1-6-11(7-2)9(8(3)4)10(12)13-5/h8-9H,6-7H2,1-5H3/t9-/m1/s1. The number of thioether (sulfide) groups is 1. The van der Waals surface area contributed by atoms with E-state index in [0.717, 1.165) is 13.1 Å². The van der Waals surface area contributed by atoms with Crippen LogP contribution in [-0.2, 0) is 4.79 Å². The predicted molar refractivity (Wildman–Crippen MR) is 60.1 cm³/mol. The van der Waals surface area contributed by atoms with Gasteiger partial charge in [-0.05, 0) is 25.3 Å². The molecule has 0 radical (unpaired) electrons. The Hall–Kier alpha value is -0.0200. The maximum atomic E-state index is 11.6. The summed E-state index contributed by atoms with van der Waals surface area (Å²) in [5.41, 5.74) is 0. The Balaban J connectivity index is 4.47. The average Bonchev–Trinajstić information content (AvgIpc) is 2.12. The van der Waals surface area contributed by atoms with Crippen molar-refractivity contribution >= 4 is 16.9 Å². The molecule has 0 aromatic heterocycles. The molecule has 0 spiro atoms. The predicted octanol–water partition coefficient (Wildman–Crippen LogP) is 2.24. The van der Waals surface area contributed by atoms with Crippen LogP contribution in [0.1, 0.15) is 27.7 Å². The summed E-state index contributed by atoms with van der Waals surface area (Å²) >= 11 is 1.34. The van der Waals surface area contributed by atoms with Gasteiger partial charge in [-0.1, -0.05) is 39.5 Å². The highest BCUT2D eigenvalue weighted by atomic mass is 32.2. The third-order valence-electron chi connectivity index (χ3n) is 2.28. The number of carbonyl (C=O) groups is 1. The van der Waals surface area contributed by atoms with Crippen LogP contribution in [0.15, 0.2) is 0 Å². The molecule has 0 unspecified atom stereocenters. The molecule has 0 bridgehead atoms. The Labute approximate surface area is 86.1 Å². The molecule has 13 heavy (non-hydrogen) atoms. The molecule has 0 amide bonds. The summed E-state index contributed by atoms with van der Waals surface area (Å²) < 4.78 is 0. The van der Waals surface area contributed by atoms with Crippen LogP contribution in [0.4, 0.5) is 0 Å². The van der Waals surface area contributed by atoms with Crippen molar-refractivity contribution in [2.75, 3.05) is 19.3 Å². The second kappa shape index (κ2) is 6.44. The Bertz CT molecular complexity index is 155. The lowest BCUT2D eigenvalue weighted by atomic mass is 10.0. The fraction of sp³-hybridized carbons (Fsp3) is 0.900. The second-order valence-corrected chi connectivity index (χ2v) is 4.24. The second-order valence-electron chi connectivity index (χ2n) is 3.43. The van der Waals surface area contributed by atoms with E-state index in [0.29, 0.717) is 11.0 Å². The number of hydrogen-bond acceptors (Lipinski definition) is 3. The minimum Gasteiger partial charge on any atom is -0.293 e. The van der Waals surface area contributed by atoms with Gasteiger partial charge in [0, 0.05) is 0 Å². The van der Waals surface area contributed by atoms with E-state index < -0.39 is 0 Å². The van der Waals surface area contributed by atoms with Gasteiger partial charge in [-0.2, -0.15) is 0 Å². The highest BCUT2D eigenvalue weighted by Crippen LogP contribution is 2.16. The van der Waals surface area contributed by atoms with E-state index in [2.05, 4.69) is 32.6 Å². The Morgan fingerprint density at radius 3 is 2.00 bits per heavy atom. The Kier molecular flexibility index (Phi) is 6.43. The maximum Gasteiger partial charge on any atom is 0.206 e. The lowest BCUT2D eigenvalue weighted by Gasteiger charge is -2.30. The van der Waals surface area contributed by atoms with Crippen LogP contribution in [-0.4, -0.2) is 35.4 Å². The lowest BCUT2D eigenvalue weighted by Crippen LogP contribution is -2.43. The monoisotopic (exact) mass is 203 g/mol. The summed E-state index contributed by atoms with van der Waals surface area (Å²) in [6, 6.07) is 0.0880. The minimum atomic E-state index is 0.0880. The zero-order chi connectivity index (χ0) is 10.4. The number of carbonyl (C=O) groups excluding carboxylic acids is 1. The number of likely N-dealkylation sites (N-methyl/N-ethyl adjacent to an activating group) is 1. The highest BCUT2D eigenvalue weighted by molar-refractivity contribution is 8.13. The normalized spacial score (nSPS) is 13.8. The van der Waals surface area contributed by atoms with Gasteiger partial charge in [0.05, 0.1) is 6.04 Å². The highest BCUT2D eigenvalue weighted by Gasteiger charge is 2.25. The summed E-state index contributed by atoms with van der Waals surface area (Å²) in [4.78, 5) is 13.9. The van der Waals surface area contributed by atoms with Crippen LogP contribution in [0.25, 0.3) is 0 Å². The molecule has 0 aliphatic rings. The molecule has 0 fully saturated rings. The fourth-order valence-electron chi connectivity index (χ4n) is 1.58.